The fourth-order valence-electron chi connectivity index (χ4n) is 2.16. The molecule has 1 fully saturated rings. The molecule has 2 heterocycles. The van der Waals surface area contributed by atoms with E-state index in [0.29, 0.717) is 24.4 Å². The van der Waals surface area contributed by atoms with Gasteiger partial charge in [0.05, 0.1) is 6.10 Å². The zero-order valence-electron chi connectivity index (χ0n) is 11.8. The number of nitrogens with zero attached hydrogens (tertiary/aromatic N) is 4. The molecule has 1 aliphatic heterocycles. The van der Waals surface area contributed by atoms with E-state index in [1.165, 1.54) is 0 Å². The van der Waals surface area contributed by atoms with Crippen LogP contribution in [-0.4, -0.2) is 45.8 Å². The van der Waals surface area contributed by atoms with Gasteiger partial charge in [-0.2, -0.15) is 15.0 Å². The zero-order chi connectivity index (χ0) is 14.4. The molecule has 20 heavy (non-hydrogen) atoms. The summed E-state index contributed by atoms with van der Waals surface area (Å²) in [5, 5.41) is 12.4. The highest BCUT2D eigenvalue weighted by atomic mass is 16.3. The van der Waals surface area contributed by atoms with Crippen molar-refractivity contribution < 1.29 is 5.11 Å². The number of aliphatic hydroxyl groups excluding tert-OH is 1. The summed E-state index contributed by atoms with van der Waals surface area (Å²) in [6, 6.07) is 0. The lowest BCUT2D eigenvalue weighted by Gasteiger charge is -2.16. The van der Waals surface area contributed by atoms with Crippen LogP contribution in [0, 0.1) is 0 Å². The minimum absolute atomic E-state index is 0.281. The maximum absolute atomic E-state index is 9.22. The van der Waals surface area contributed by atoms with Gasteiger partial charge in [0.2, 0.25) is 17.8 Å². The van der Waals surface area contributed by atoms with Gasteiger partial charge in [-0.25, -0.2) is 5.84 Å². The van der Waals surface area contributed by atoms with Gasteiger partial charge >= 0.3 is 0 Å². The van der Waals surface area contributed by atoms with Gasteiger partial charge in [-0.1, -0.05) is 0 Å². The summed E-state index contributed by atoms with van der Waals surface area (Å²) in [5.41, 5.74) is 2.47. The first kappa shape index (κ1) is 14.7. The highest BCUT2D eigenvalue weighted by Gasteiger charge is 2.17. The monoisotopic (exact) mass is 281 g/mol. The number of aliphatic hydroxyl groups is 1. The molecular formula is C12H23N7O. The van der Waals surface area contributed by atoms with Gasteiger partial charge in [0, 0.05) is 19.6 Å². The van der Waals surface area contributed by atoms with Crippen LogP contribution in [0.15, 0.2) is 0 Å². The molecule has 0 saturated carbocycles. The Morgan fingerprint density at radius 1 is 1.25 bits per heavy atom. The molecule has 0 bridgehead atoms. The van der Waals surface area contributed by atoms with E-state index in [1.54, 1.807) is 6.92 Å². The number of aromatic nitrogens is 3. The van der Waals surface area contributed by atoms with E-state index in [4.69, 9.17) is 5.84 Å². The van der Waals surface area contributed by atoms with Crippen LogP contribution in [0.3, 0.4) is 0 Å². The van der Waals surface area contributed by atoms with Gasteiger partial charge in [0.1, 0.15) is 0 Å². The van der Waals surface area contributed by atoms with Crippen molar-refractivity contribution in [3.8, 4) is 0 Å². The van der Waals surface area contributed by atoms with Gasteiger partial charge in [0.15, 0.2) is 0 Å². The SMILES string of the molecule is CC(O)CCCNc1nc(NN)nc(N2CCCC2)n1. The third-order valence-corrected chi connectivity index (χ3v) is 3.22. The van der Waals surface area contributed by atoms with Crippen LogP contribution < -0.4 is 21.5 Å². The number of anilines is 3. The first-order chi connectivity index (χ1) is 9.69. The lowest BCUT2D eigenvalue weighted by atomic mass is 10.2. The molecule has 5 N–H and O–H groups in total. The van der Waals surface area contributed by atoms with Crippen molar-refractivity contribution in [2.45, 2.75) is 38.7 Å². The molecule has 1 aliphatic rings. The van der Waals surface area contributed by atoms with Gasteiger partial charge in [-0.05, 0) is 32.6 Å². The molecule has 8 heteroatoms. The van der Waals surface area contributed by atoms with E-state index in [0.717, 1.165) is 38.8 Å². The molecular weight excluding hydrogens is 258 g/mol. The van der Waals surface area contributed by atoms with Gasteiger partial charge < -0.3 is 15.3 Å². The second-order valence-electron chi connectivity index (χ2n) is 5.04. The third-order valence-electron chi connectivity index (χ3n) is 3.22. The third kappa shape index (κ3) is 4.17. The van der Waals surface area contributed by atoms with Gasteiger partial charge in [-0.3, -0.25) is 5.43 Å². The number of nitrogens with one attached hydrogen (secondary N) is 2. The van der Waals surface area contributed by atoms with Crippen LogP contribution >= 0.6 is 0 Å². The Kier molecular flexibility index (Phi) is 5.31. The molecule has 0 radical (unpaired) electrons. The smallest absolute Gasteiger partial charge is 0.243 e. The number of hydrogen-bond acceptors (Lipinski definition) is 8. The largest absolute Gasteiger partial charge is 0.393 e. The topological polar surface area (TPSA) is 112 Å². The van der Waals surface area contributed by atoms with E-state index in [9.17, 15) is 5.11 Å². The molecule has 1 atom stereocenters. The summed E-state index contributed by atoms with van der Waals surface area (Å²) in [7, 11) is 0. The Labute approximate surface area is 118 Å². The molecule has 1 aromatic heterocycles. The summed E-state index contributed by atoms with van der Waals surface area (Å²) in [6.45, 7) is 4.42. The Balaban J connectivity index is 1.98. The Hall–Kier alpha value is -1.67. The molecule has 0 aromatic carbocycles. The molecule has 0 spiro atoms. The molecule has 0 aliphatic carbocycles. The molecule has 1 unspecified atom stereocenters. The van der Waals surface area contributed by atoms with Crippen molar-refractivity contribution in [1.29, 1.82) is 0 Å². The predicted molar refractivity (Wildman–Crippen MR) is 78.5 cm³/mol. The van der Waals surface area contributed by atoms with Crippen molar-refractivity contribution >= 4 is 17.8 Å². The number of nitrogen functional groups attached to an aromatic ring is 1. The van der Waals surface area contributed by atoms with Crippen LogP contribution in [0.4, 0.5) is 17.8 Å². The number of hydrazine groups is 1. The van der Waals surface area contributed by atoms with E-state index in [2.05, 4.69) is 30.6 Å². The van der Waals surface area contributed by atoms with Crippen molar-refractivity contribution in [2.24, 2.45) is 5.84 Å². The van der Waals surface area contributed by atoms with E-state index in [1.807, 2.05) is 0 Å². The Morgan fingerprint density at radius 2 is 1.95 bits per heavy atom. The van der Waals surface area contributed by atoms with Gasteiger partial charge in [-0.15, -0.1) is 0 Å². The first-order valence-corrected chi connectivity index (χ1v) is 7.08. The van der Waals surface area contributed by atoms with E-state index < -0.39 is 0 Å². The van der Waals surface area contributed by atoms with E-state index >= 15 is 0 Å². The highest BCUT2D eigenvalue weighted by molar-refractivity contribution is 5.43. The number of nitrogens with two attached hydrogens (primary N) is 1. The normalized spacial score (nSPS) is 16.2. The van der Waals surface area contributed by atoms with Crippen molar-refractivity contribution in [2.75, 3.05) is 35.3 Å². The summed E-state index contributed by atoms with van der Waals surface area (Å²) < 4.78 is 0. The second kappa shape index (κ2) is 7.20. The van der Waals surface area contributed by atoms with E-state index in [-0.39, 0.29) is 6.10 Å². The van der Waals surface area contributed by atoms with Crippen LogP contribution in [0.1, 0.15) is 32.6 Å². The van der Waals surface area contributed by atoms with Crippen molar-refractivity contribution in [3.63, 3.8) is 0 Å². The summed E-state index contributed by atoms with van der Waals surface area (Å²) >= 11 is 0. The van der Waals surface area contributed by atoms with Crippen LogP contribution in [0.2, 0.25) is 0 Å². The maximum Gasteiger partial charge on any atom is 0.243 e. The second-order valence-corrected chi connectivity index (χ2v) is 5.04. The Morgan fingerprint density at radius 3 is 2.60 bits per heavy atom. The molecule has 8 nitrogen and oxygen atoms in total. The highest BCUT2D eigenvalue weighted by Crippen LogP contribution is 2.18. The van der Waals surface area contributed by atoms with Crippen LogP contribution in [0.5, 0.6) is 0 Å². The Bertz CT molecular complexity index is 420. The minimum atomic E-state index is -0.281. The summed E-state index contributed by atoms with van der Waals surface area (Å²) in [6.07, 6.45) is 3.64. The first-order valence-electron chi connectivity index (χ1n) is 7.08. The predicted octanol–water partition coefficient (Wildman–Crippen LogP) is 0.330. The molecule has 1 saturated heterocycles. The number of rotatable bonds is 7. The molecule has 2 rings (SSSR count). The standard InChI is InChI=1S/C12H23N7O/c1-9(20)5-4-6-14-10-15-11(18-13)17-12(16-10)19-7-2-3-8-19/h9,20H,2-8,13H2,1H3,(H2,14,15,16,17,18). The lowest BCUT2D eigenvalue weighted by molar-refractivity contribution is 0.183. The quantitative estimate of drug-likeness (QED) is 0.321. The lowest BCUT2D eigenvalue weighted by Crippen LogP contribution is -2.23. The maximum atomic E-state index is 9.22. The molecule has 1 aromatic rings. The fraction of sp³-hybridized carbons (Fsp3) is 0.750. The van der Waals surface area contributed by atoms with Crippen molar-refractivity contribution in [1.82, 2.24) is 15.0 Å². The average Bonchev–Trinajstić information content (AvgIpc) is 2.97. The summed E-state index contributed by atoms with van der Waals surface area (Å²) in [4.78, 5) is 15.0. The molecule has 112 valence electrons. The van der Waals surface area contributed by atoms with Gasteiger partial charge in [0.25, 0.3) is 0 Å². The summed E-state index contributed by atoms with van der Waals surface area (Å²) in [5.74, 6) is 6.93. The van der Waals surface area contributed by atoms with Crippen molar-refractivity contribution in [3.05, 3.63) is 0 Å². The molecule has 0 amide bonds. The fourth-order valence-corrected chi connectivity index (χ4v) is 2.16. The zero-order valence-corrected chi connectivity index (χ0v) is 11.8. The average molecular weight is 281 g/mol. The van der Waals surface area contributed by atoms with Crippen LogP contribution in [0.25, 0.3) is 0 Å². The number of hydrogen-bond donors (Lipinski definition) is 4. The minimum Gasteiger partial charge on any atom is -0.393 e. The van der Waals surface area contributed by atoms with Crippen LogP contribution in [-0.2, 0) is 0 Å².